The molecule has 1 amide bonds. The molecular weight excluding hydrogens is 391 g/mol. The first-order valence-electron chi connectivity index (χ1n) is 6.69. The van der Waals surface area contributed by atoms with Crippen molar-refractivity contribution in [1.29, 1.82) is 0 Å². The fourth-order valence-electron chi connectivity index (χ4n) is 2.11. The molecule has 1 N–H and O–H groups in total. The highest BCUT2D eigenvalue weighted by Gasteiger charge is 2.28. The first-order chi connectivity index (χ1) is 11.4. The molecule has 0 fully saturated rings. The lowest BCUT2D eigenvalue weighted by Gasteiger charge is -2.08. The van der Waals surface area contributed by atoms with Gasteiger partial charge in [0.25, 0.3) is 10.0 Å². The van der Waals surface area contributed by atoms with Crippen LogP contribution in [0.5, 0.6) is 0 Å². The summed E-state index contributed by atoms with van der Waals surface area (Å²) in [6.07, 6.45) is 0. The number of benzene rings is 2. The van der Waals surface area contributed by atoms with Gasteiger partial charge in [-0.05, 0) is 18.2 Å². The maximum Gasteiger partial charge on any atom is 0.284 e. The summed E-state index contributed by atoms with van der Waals surface area (Å²) in [5, 5.41) is 3.57. The molecule has 0 atom stereocenters. The highest BCUT2D eigenvalue weighted by Crippen LogP contribution is 2.32. The molecular formula is C15H10Cl2N2O3S2. The second-order valence-electron chi connectivity index (χ2n) is 4.80. The van der Waals surface area contributed by atoms with E-state index >= 15 is 0 Å². The van der Waals surface area contributed by atoms with Crippen LogP contribution in [0.2, 0.25) is 10.0 Å². The van der Waals surface area contributed by atoms with E-state index in [2.05, 4.69) is 9.71 Å². The largest absolute Gasteiger partial charge is 0.323 e. The highest BCUT2D eigenvalue weighted by molar-refractivity contribution is 8.16. The number of carbonyl (C=O) groups is 1. The van der Waals surface area contributed by atoms with Crippen LogP contribution in [0.15, 0.2) is 51.8 Å². The van der Waals surface area contributed by atoms with Gasteiger partial charge in [0.05, 0.1) is 26.4 Å². The number of amides is 1. The maximum atomic E-state index is 12.1. The van der Waals surface area contributed by atoms with E-state index in [-0.39, 0.29) is 16.6 Å². The van der Waals surface area contributed by atoms with Crippen molar-refractivity contribution in [3.8, 4) is 0 Å². The smallest absolute Gasteiger partial charge is 0.284 e. The van der Waals surface area contributed by atoms with Crippen molar-refractivity contribution in [2.45, 2.75) is 4.90 Å². The zero-order valence-corrected chi connectivity index (χ0v) is 15.1. The van der Waals surface area contributed by atoms with Crippen molar-refractivity contribution >= 4 is 61.6 Å². The predicted molar refractivity (Wildman–Crippen MR) is 97.7 cm³/mol. The second kappa shape index (κ2) is 6.76. The molecule has 9 heteroatoms. The zero-order chi connectivity index (χ0) is 17.3. The van der Waals surface area contributed by atoms with Crippen LogP contribution < -0.4 is 5.32 Å². The minimum Gasteiger partial charge on any atom is -0.323 e. The van der Waals surface area contributed by atoms with Gasteiger partial charge < -0.3 is 5.32 Å². The number of rotatable bonds is 3. The summed E-state index contributed by atoms with van der Waals surface area (Å²) in [6.45, 7) is 0. The summed E-state index contributed by atoms with van der Waals surface area (Å²) in [5.74, 6) is -0.385. The summed E-state index contributed by atoms with van der Waals surface area (Å²) in [7, 11) is -3.68. The quantitative estimate of drug-likeness (QED) is 0.849. The first kappa shape index (κ1) is 17.3. The molecule has 1 aliphatic heterocycles. The minimum atomic E-state index is -3.68. The molecule has 1 heterocycles. The van der Waals surface area contributed by atoms with Gasteiger partial charge in [-0.1, -0.05) is 59.2 Å². The molecule has 0 saturated heterocycles. The predicted octanol–water partition coefficient (Wildman–Crippen LogP) is 3.81. The standard InChI is InChI=1S/C15H10Cl2N2O3S2/c16-10-5-3-6-11(17)14(10)18-13(20)8-23-15-9-4-1-2-7-12(9)24(21,22)19-15/h1-7H,8H2,(H,18,20). The van der Waals surface area contributed by atoms with E-state index in [1.54, 1.807) is 36.4 Å². The van der Waals surface area contributed by atoms with Crippen LogP contribution in [0.4, 0.5) is 5.69 Å². The molecule has 124 valence electrons. The lowest BCUT2D eigenvalue weighted by molar-refractivity contribution is -0.113. The Morgan fingerprint density at radius 2 is 1.75 bits per heavy atom. The molecule has 2 aromatic carbocycles. The second-order valence-corrected chi connectivity index (χ2v) is 8.15. The third-order valence-electron chi connectivity index (χ3n) is 3.17. The SMILES string of the molecule is O=C(CSC1=NS(=O)(=O)c2ccccc21)Nc1c(Cl)cccc1Cl. The molecule has 24 heavy (non-hydrogen) atoms. The molecule has 2 aromatic rings. The summed E-state index contributed by atoms with van der Waals surface area (Å²) in [6, 6.07) is 11.4. The van der Waals surface area contributed by atoms with Crippen LogP contribution in [-0.4, -0.2) is 25.1 Å². The van der Waals surface area contributed by atoms with Crippen LogP contribution in [-0.2, 0) is 14.8 Å². The van der Waals surface area contributed by atoms with Gasteiger partial charge >= 0.3 is 0 Å². The Morgan fingerprint density at radius 3 is 2.46 bits per heavy atom. The lowest BCUT2D eigenvalue weighted by Crippen LogP contribution is -2.16. The topological polar surface area (TPSA) is 75.6 Å². The average Bonchev–Trinajstić information content (AvgIpc) is 2.81. The number of nitrogens with zero attached hydrogens (tertiary/aromatic N) is 1. The van der Waals surface area contributed by atoms with Gasteiger partial charge in [-0.2, -0.15) is 12.8 Å². The molecule has 0 unspecified atom stereocenters. The maximum absolute atomic E-state index is 12.1. The molecule has 0 aromatic heterocycles. The summed E-state index contributed by atoms with van der Waals surface area (Å²) in [4.78, 5) is 12.2. The molecule has 0 spiro atoms. The van der Waals surface area contributed by atoms with E-state index in [0.717, 1.165) is 11.8 Å². The first-order valence-corrected chi connectivity index (χ1v) is 9.88. The van der Waals surface area contributed by atoms with Crippen LogP contribution in [0, 0.1) is 0 Å². The van der Waals surface area contributed by atoms with Crippen LogP contribution in [0.25, 0.3) is 0 Å². The van der Waals surface area contributed by atoms with Gasteiger partial charge in [0, 0.05) is 5.56 Å². The summed E-state index contributed by atoms with van der Waals surface area (Å²) in [5.41, 5.74) is 0.832. The number of fused-ring (bicyclic) bond motifs is 1. The molecule has 0 bridgehead atoms. The van der Waals surface area contributed by atoms with E-state index in [1.165, 1.54) is 6.07 Å². The Morgan fingerprint density at radius 1 is 1.08 bits per heavy atom. The molecule has 0 aliphatic carbocycles. The fourth-order valence-corrected chi connectivity index (χ4v) is 4.95. The fraction of sp³-hybridized carbons (Fsp3) is 0.0667. The van der Waals surface area contributed by atoms with Crippen molar-refractivity contribution in [2.75, 3.05) is 11.1 Å². The van der Waals surface area contributed by atoms with E-state index in [1.807, 2.05) is 0 Å². The minimum absolute atomic E-state index is 0.0236. The molecule has 3 rings (SSSR count). The van der Waals surface area contributed by atoms with Gasteiger partial charge in [0.2, 0.25) is 5.91 Å². The number of halogens is 2. The number of hydrogen-bond acceptors (Lipinski definition) is 4. The van der Waals surface area contributed by atoms with Crippen LogP contribution in [0.3, 0.4) is 0 Å². The van der Waals surface area contributed by atoms with Gasteiger partial charge in [-0.3, -0.25) is 4.79 Å². The number of para-hydroxylation sites is 1. The Labute approximate surface area is 153 Å². The van der Waals surface area contributed by atoms with Crippen molar-refractivity contribution in [3.63, 3.8) is 0 Å². The normalized spacial score (nSPS) is 14.8. The van der Waals surface area contributed by atoms with Crippen molar-refractivity contribution in [2.24, 2.45) is 4.40 Å². The Hall–Kier alpha value is -1.54. The molecule has 0 saturated carbocycles. The number of hydrogen-bond donors (Lipinski definition) is 1. The van der Waals surface area contributed by atoms with Gasteiger partial charge in [-0.25, -0.2) is 0 Å². The Bertz CT molecular complexity index is 939. The third kappa shape index (κ3) is 3.44. The van der Waals surface area contributed by atoms with Gasteiger partial charge in [0.15, 0.2) is 0 Å². The molecule has 5 nitrogen and oxygen atoms in total. The monoisotopic (exact) mass is 400 g/mol. The zero-order valence-electron chi connectivity index (χ0n) is 12.0. The van der Waals surface area contributed by atoms with Crippen molar-refractivity contribution < 1.29 is 13.2 Å². The number of carbonyl (C=O) groups excluding carboxylic acids is 1. The molecule has 1 aliphatic rings. The average molecular weight is 401 g/mol. The Kier molecular flexibility index (Phi) is 4.87. The summed E-state index contributed by atoms with van der Waals surface area (Å²) >= 11 is 13.0. The van der Waals surface area contributed by atoms with E-state index < -0.39 is 10.0 Å². The van der Waals surface area contributed by atoms with E-state index in [4.69, 9.17) is 23.2 Å². The third-order valence-corrected chi connectivity index (χ3v) is 6.24. The summed E-state index contributed by atoms with van der Waals surface area (Å²) < 4.78 is 27.6. The number of nitrogens with one attached hydrogen (secondary N) is 1. The number of thioether (sulfide) groups is 1. The highest BCUT2D eigenvalue weighted by atomic mass is 35.5. The van der Waals surface area contributed by atoms with E-state index in [9.17, 15) is 13.2 Å². The number of anilines is 1. The van der Waals surface area contributed by atoms with Gasteiger partial charge in [-0.15, -0.1) is 0 Å². The van der Waals surface area contributed by atoms with Gasteiger partial charge in [0.1, 0.15) is 5.04 Å². The molecule has 0 radical (unpaired) electrons. The Balaban J connectivity index is 1.72. The lowest BCUT2D eigenvalue weighted by atomic mass is 10.2. The number of sulfonamides is 1. The van der Waals surface area contributed by atoms with Crippen molar-refractivity contribution in [3.05, 3.63) is 58.1 Å². The van der Waals surface area contributed by atoms with Crippen LogP contribution >= 0.6 is 35.0 Å². The van der Waals surface area contributed by atoms with Crippen LogP contribution in [0.1, 0.15) is 5.56 Å². The van der Waals surface area contributed by atoms with E-state index in [0.29, 0.717) is 26.3 Å². The van der Waals surface area contributed by atoms with Crippen molar-refractivity contribution in [1.82, 2.24) is 0 Å².